The fourth-order valence-electron chi connectivity index (χ4n) is 1.33. The van der Waals surface area contributed by atoms with Crippen molar-refractivity contribution >= 4 is 11.9 Å². The van der Waals surface area contributed by atoms with Gasteiger partial charge in [0.1, 0.15) is 18.8 Å². The van der Waals surface area contributed by atoms with Gasteiger partial charge in [-0.3, -0.25) is 4.79 Å². The van der Waals surface area contributed by atoms with E-state index in [0.29, 0.717) is 0 Å². The number of aliphatic hydroxyl groups excluding tert-OH is 4. The number of nitrogens with one attached hydrogen (secondary N) is 1. The number of carbonyl (C=O) groups is 2. The lowest BCUT2D eigenvalue weighted by atomic mass is 10.1. The summed E-state index contributed by atoms with van der Waals surface area (Å²) < 4.78 is 4.74. The van der Waals surface area contributed by atoms with Crippen molar-refractivity contribution in [2.45, 2.75) is 31.0 Å². The van der Waals surface area contributed by atoms with Crippen molar-refractivity contribution in [3.63, 3.8) is 0 Å². The van der Waals surface area contributed by atoms with Gasteiger partial charge >= 0.3 is 5.97 Å². The molecule has 10 nitrogen and oxygen atoms in total. The summed E-state index contributed by atoms with van der Waals surface area (Å²) in [5, 5.41) is 56.4. The largest absolute Gasteiger partial charge is 0.477 e. The van der Waals surface area contributed by atoms with Gasteiger partial charge in [0.05, 0.1) is 19.3 Å². The molecule has 20 heavy (non-hydrogen) atoms. The first-order valence-corrected chi connectivity index (χ1v) is 5.63. The zero-order chi connectivity index (χ0) is 15.9. The van der Waals surface area contributed by atoms with Gasteiger partial charge in [-0.1, -0.05) is 0 Å². The van der Waals surface area contributed by atoms with Crippen molar-refractivity contribution in [2.75, 3.05) is 19.8 Å². The molecule has 0 heterocycles. The lowest BCUT2D eigenvalue weighted by Gasteiger charge is -2.33. The molecule has 7 N–H and O–H groups in total. The number of amides is 1. The molecule has 0 aliphatic heterocycles. The fourth-order valence-corrected chi connectivity index (χ4v) is 1.33. The summed E-state index contributed by atoms with van der Waals surface area (Å²) in [6.45, 7) is -1.79. The summed E-state index contributed by atoms with van der Waals surface area (Å²) in [4.78, 5) is 21.8. The molecule has 0 saturated carbocycles. The van der Waals surface area contributed by atoms with Crippen LogP contribution >= 0.6 is 0 Å². The van der Waals surface area contributed by atoms with E-state index in [1.165, 1.54) is 0 Å². The molecule has 0 aromatic carbocycles. The standard InChI is InChI=1S/C10H19NO9/c1-10(19,9(17)18)20-8(6(15)3-13)5(2-12)11-7(16)4-14/h5-6,8,12-15,19H,2-4H2,1H3,(H,11,16)(H,17,18)/t5-,6?,8?,10-/m1/s1. The monoisotopic (exact) mass is 297 g/mol. The van der Waals surface area contributed by atoms with E-state index >= 15 is 0 Å². The summed E-state index contributed by atoms with van der Waals surface area (Å²) >= 11 is 0. The molecule has 4 atom stereocenters. The highest BCUT2D eigenvalue weighted by Crippen LogP contribution is 2.15. The summed E-state index contributed by atoms with van der Waals surface area (Å²) in [6.07, 6.45) is -3.30. The number of rotatable bonds is 9. The highest BCUT2D eigenvalue weighted by Gasteiger charge is 2.40. The van der Waals surface area contributed by atoms with Crippen LogP contribution in [-0.2, 0) is 14.3 Å². The molecule has 0 aromatic heterocycles. The van der Waals surface area contributed by atoms with Gasteiger partial charge in [0.15, 0.2) is 0 Å². The third kappa shape index (κ3) is 5.36. The van der Waals surface area contributed by atoms with Crippen LogP contribution in [0.5, 0.6) is 0 Å². The van der Waals surface area contributed by atoms with E-state index in [0.717, 1.165) is 6.92 Å². The van der Waals surface area contributed by atoms with E-state index in [1.54, 1.807) is 0 Å². The smallest absolute Gasteiger partial charge is 0.363 e. The Hall–Kier alpha value is -1.30. The summed E-state index contributed by atoms with van der Waals surface area (Å²) in [7, 11) is 0. The van der Waals surface area contributed by atoms with Gasteiger partial charge in [0.25, 0.3) is 5.79 Å². The van der Waals surface area contributed by atoms with E-state index in [4.69, 9.17) is 25.2 Å². The first-order valence-electron chi connectivity index (χ1n) is 5.63. The number of aliphatic carboxylic acids is 1. The van der Waals surface area contributed by atoms with Gasteiger partial charge in [0, 0.05) is 6.92 Å². The van der Waals surface area contributed by atoms with E-state index in [1.807, 2.05) is 0 Å². The molecule has 0 bridgehead atoms. The van der Waals surface area contributed by atoms with E-state index in [-0.39, 0.29) is 0 Å². The lowest BCUT2D eigenvalue weighted by molar-refractivity contribution is -0.250. The van der Waals surface area contributed by atoms with Crippen LogP contribution < -0.4 is 5.32 Å². The molecule has 10 heteroatoms. The molecule has 2 unspecified atom stereocenters. The maximum Gasteiger partial charge on any atom is 0.363 e. The molecular formula is C10H19NO9. The molecule has 1 amide bonds. The Bertz CT molecular complexity index is 333. The molecule has 0 rings (SSSR count). The molecule has 118 valence electrons. The van der Waals surface area contributed by atoms with Crippen molar-refractivity contribution in [3.05, 3.63) is 0 Å². The molecule has 0 radical (unpaired) electrons. The van der Waals surface area contributed by atoms with Crippen molar-refractivity contribution < 1.29 is 45.0 Å². The third-order valence-corrected chi connectivity index (χ3v) is 2.41. The van der Waals surface area contributed by atoms with Gasteiger partial charge in [-0.05, 0) is 0 Å². The zero-order valence-corrected chi connectivity index (χ0v) is 10.8. The number of aliphatic hydroxyl groups is 5. The van der Waals surface area contributed by atoms with Gasteiger partial charge in [-0.2, -0.15) is 0 Å². The Balaban J connectivity index is 5.11. The Morgan fingerprint density at radius 3 is 2.15 bits per heavy atom. The minimum Gasteiger partial charge on any atom is -0.477 e. The Labute approximate surface area is 114 Å². The second kappa shape index (κ2) is 8.09. The predicted octanol–water partition coefficient (Wildman–Crippen LogP) is -4.01. The van der Waals surface area contributed by atoms with Crippen LogP contribution in [0.15, 0.2) is 0 Å². The first kappa shape index (κ1) is 18.7. The van der Waals surface area contributed by atoms with Crippen LogP contribution in [-0.4, -0.2) is 86.4 Å². The topological polar surface area (TPSA) is 177 Å². The highest BCUT2D eigenvalue weighted by molar-refractivity contribution is 5.77. The van der Waals surface area contributed by atoms with Crippen LogP contribution in [0.3, 0.4) is 0 Å². The van der Waals surface area contributed by atoms with Crippen LogP contribution in [0.1, 0.15) is 6.92 Å². The first-order chi connectivity index (χ1) is 9.19. The minimum atomic E-state index is -2.71. The number of carboxylic acids is 1. The molecule has 0 fully saturated rings. The summed E-state index contributed by atoms with van der Waals surface area (Å²) in [6, 6.07) is -1.34. The summed E-state index contributed by atoms with van der Waals surface area (Å²) in [5.41, 5.74) is 0. The second-order valence-electron chi connectivity index (χ2n) is 4.14. The molecule has 0 aromatic rings. The normalized spacial score (nSPS) is 18.7. The van der Waals surface area contributed by atoms with Gasteiger partial charge in [-0.15, -0.1) is 0 Å². The van der Waals surface area contributed by atoms with Crippen molar-refractivity contribution in [1.82, 2.24) is 5.32 Å². The Kier molecular flexibility index (Phi) is 7.57. The number of hydrogen-bond donors (Lipinski definition) is 7. The summed E-state index contributed by atoms with van der Waals surface area (Å²) in [5.74, 6) is -5.39. The minimum absolute atomic E-state index is 0.773. The number of hydrogen-bond acceptors (Lipinski definition) is 8. The van der Waals surface area contributed by atoms with Crippen LogP contribution in [0.4, 0.5) is 0 Å². The predicted molar refractivity (Wildman–Crippen MR) is 62.3 cm³/mol. The molecule has 0 saturated heterocycles. The van der Waals surface area contributed by atoms with Crippen LogP contribution in [0, 0.1) is 0 Å². The van der Waals surface area contributed by atoms with Gasteiger partial charge < -0.3 is 40.7 Å². The fraction of sp³-hybridized carbons (Fsp3) is 0.800. The van der Waals surface area contributed by atoms with E-state index in [9.17, 15) is 19.8 Å². The molecule has 0 spiro atoms. The van der Waals surface area contributed by atoms with Gasteiger partial charge in [0.2, 0.25) is 5.91 Å². The average molecular weight is 297 g/mol. The second-order valence-corrected chi connectivity index (χ2v) is 4.14. The Morgan fingerprint density at radius 1 is 1.25 bits per heavy atom. The quantitative estimate of drug-likeness (QED) is 0.209. The van der Waals surface area contributed by atoms with Crippen LogP contribution in [0.25, 0.3) is 0 Å². The molecule has 0 aliphatic rings. The zero-order valence-electron chi connectivity index (χ0n) is 10.8. The van der Waals surface area contributed by atoms with Crippen LogP contribution in [0.2, 0.25) is 0 Å². The average Bonchev–Trinajstić information content (AvgIpc) is 2.41. The van der Waals surface area contributed by atoms with E-state index in [2.05, 4.69) is 5.32 Å². The highest BCUT2D eigenvalue weighted by atomic mass is 16.7. The SMILES string of the molecule is C[C@@](O)(OC(C(O)CO)[C@@H](CO)NC(=O)CO)C(=O)O. The van der Waals surface area contributed by atoms with Crippen molar-refractivity contribution in [2.24, 2.45) is 0 Å². The lowest BCUT2D eigenvalue weighted by Crippen LogP contribution is -2.57. The number of carboxylic acid groups (broad SMARTS) is 1. The number of ether oxygens (including phenoxy) is 1. The number of carbonyl (C=O) groups excluding carboxylic acids is 1. The van der Waals surface area contributed by atoms with E-state index < -0.39 is 55.7 Å². The Morgan fingerprint density at radius 2 is 1.80 bits per heavy atom. The van der Waals surface area contributed by atoms with Crippen molar-refractivity contribution in [3.8, 4) is 0 Å². The molecule has 0 aliphatic carbocycles. The van der Waals surface area contributed by atoms with Crippen molar-refractivity contribution in [1.29, 1.82) is 0 Å². The maximum absolute atomic E-state index is 11.0. The third-order valence-electron chi connectivity index (χ3n) is 2.41. The van der Waals surface area contributed by atoms with Gasteiger partial charge in [-0.25, -0.2) is 4.79 Å². The molecular weight excluding hydrogens is 278 g/mol. The maximum atomic E-state index is 11.0.